The molecule has 100 valence electrons. The Labute approximate surface area is 111 Å². The maximum atomic E-state index is 13.2. The van der Waals surface area contributed by atoms with Crippen molar-refractivity contribution < 1.29 is 14.2 Å². The Morgan fingerprint density at radius 2 is 1.95 bits per heavy atom. The van der Waals surface area contributed by atoms with E-state index in [9.17, 15) is 9.50 Å². The van der Waals surface area contributed by atoms with Gasteiger partial charge in [0.2, 0.25) is 0 Å². The Morgan fingerprint density at radius 3 is 2.68 bits per heavy atom. The third-order valence-electron chi connectivity index (χ3n) is 2.95. The summed E-state index contributed by atoms with van der Waals surface area (Å²) in [6.07, 6.45) is 0. The van der Waals surface area contributed by atoms with Gasteiger partial charge in [-0.25, -0.2) is 4.39 Å². The fourth-order valence-electron chi connectivity index (χ4n) is 1.97. The molecular weight excluding hydrogens is 245 g/mol. The van der Waals surface area contributed by atoms with Gasteiger partial charge in [-0.2, -0.15) is 0 Å². The highest BCUT2D eigenvalue weighted by Gasteiger charge is 2.10. The monoisotopic (exact) mass is 261 g/mol. The van der Waals surface area contributed by atoms with Crippen molar-refractivity contribution in [2.24, 2.45) is 0 Å². The highest BCUT2D eigenvalue weighted by atomic mass is 19.1. The van der Waals surface area contributed by atoms with Crippen LogP contribution in [-0.4, -0.2) is 19.3 Å². The van der Waals surface area contributed by atoms with Gasteiger partial charge in [0.1, 0.15) is 17.3 Å². The molecule has 0 saturated carbocycles. The van der Waals surface area contributed by atoms with Crippen molar-refractivity contribution in [3.05, 3.63) is 53.8 Å². The first-order valence-corrected chi connectivity index (χ1v) is 5.93. The lowest BCUT2D eigenvalue weighted by Crippen LogP contribution is -2.17. The van der Waals surface area contributed by atoms with Gasteiger partial charge in [0.15, 0.2) is 0 Å². The normalized spacial score (nSPS) is 10.3. The van der Waals surface area contributed by atoms with Gasteiger partial charge in [-0.15, -0.1) is 0 Å². The van der Waals surface area contributed by atoms with Crippen LogP contribution in [0.1, 0.15) is 5.56 Å². The molecule has 0 atom stereocenters. The molecule has 2 aromatic rings. The van der Waals surface area contributed by atoms with E-state index in [0.29, 0.717) is 12.1 Å². The van der Waals surface area contributed by atoms with Crippen LogP contribution in [0.25, 0.3) is 0 Å². The first-order valence-electron chi connectivity index (χ1n) is 5.93. The van der Waals surface area contributed by atoms with Gasteiger partial charge < -0.3 is 14.7 Å². The number of hydrogen-bond acceptors (Lipinski definition) is 3. The minimum Gasteiger partial charge on any atom is -0.508 e. The molecule has 0 radical (unpaired) electrons. The molecule has 2 aromatic carbocycles. The molecule has 0 saturated heterocycles. The Balaban J connectivity index is 2.25. The predicted molar refractivity (Wildman–Crippen MR) is 73.2 cm³/mol. The number of methoxy groups -OCH3 is 1. The summed E-state index contributed by atoms with van der Waals surface area (Å²) in [4.78, 5) is 1.90. The van der Waals surface area contributed by atoms with E-state index >= 15 is 0 Å². The topological polar surface area (TPSA) is 32.7 Å². The smallest absolute Gasteiger partial charge is 0.142 e. The quantitative estimate of drug-likeness (QED) is 0.917. The maximum Gasteiger partial charge on any atom is 0.142 e. The third kappa shape index (κ3) is 2.96. The van der Waals surface area contributed by atoms with E-state index in [0.717, 1.165) is 11.4 Å². The largest absolute Gasteiger partial charge is 0.508 e. The number of benzene rings is 2. The van der Waals surface area contributed by atoms with Gasteiger partial charge >= 0.3 is 0 Å². The number of nitrogens with zero attached hydrogens (tertiary/aromatic N) is 1. The van der Waals surface area contributed by atoms with E-state index in [1.807, 2.05) is 36.2 Å². The van der Waals surface area contributed by atoms with Gasteiger partial charge in [0.05, 0.1) is 12.8 Å². The lowest BCUT2D eigenvalue weighted by molar-refractivity contribution is 0.414. The molecule has 0 heterocycles. The second-order valence-corrected chi connectivity index (χ2v) is 4.30. The number of phenolic OH excluding ortho intramolecular Hbond substituents is 1. The van der Waals surface area contributed by atoms with E-state index in [2.05, 4.69) is 0 Å². The van der Waals surface area contributed by atoms with Gasteiger partial charge in [0.25, 0.3) is 0 Å². The van der Waals surface area contributed by atoms with Crippen molar-refractivity contribution in [2.45, 2.75) is 6.54 Å². The zero-order chi connectivity index (χ0) is 13.8. The third-order valence-corrected chi connectivity index (χ3v) is 2.95. The lowest BCUT2D eigenvalue weighted by atomic mass is 10.1. The zero-order valence-electron chi connectivity index (χ0n) is 10.9. The number of hydrogen-bond donors (Lipinski definition) is 1. The SMILES string of the molecule is COc1ccccc1N(C)Cc1cc(F)ccc1O. The van der Waals surface area contributed by atoms with Crippen molar-refractivity contribution in [1.29, 1.82) is 0 Å². The highest BCUT2D eigenvalue weighted by molar-refractivity contribution is 5.58. The summed E-state index contributed by atoms with van der Waals surface area (Å²) in [6, 6.07) is 11.5. The van der Waals surface area contributed by atoms with Crippen LogP contribution in [0.3, 0.4) is 0 Å². The zero-order valence-corrected chi connectivity index (χ0v) is 10.9. The predicted octanol–water partition coefficient (Wildman–Crippen LogP) is 3.18. The fourth-order valence-corrected chi connectivity index (χ4v) is 1.97. The first-order chi connectivity index (χ1) is 9.11. The van der Waals surface area contributed by atoms with Gasteiger partial charge in [-0.05, 0) is 30.3 Å². The van der Waals surface area contributed by atoms with Crippen molar-refractivity contribution in [2.75, 3.05) is 19.1 Å². The highest BCUT2D eigenvalue weighted by Crippen LogP contribution is 2.29. The number of ether oxygens (including phenoxy) is 1. The number of rotatable bonds is 4. The summed E-state index contributed by atoms with van der Waals surface area (Å²) in [5.74, 6) is 0.463. The second kappa shape index (κ2) is 5.61. The standard InChI is InChI=1S/C15H16FNO2/c1-17(13-5-3-4-6-15(13)19-2)10-11-9-12(16)7-8-14(11)18/h3-9,18H,10H2,1-2H3. The van der Waals surface area contributed by atoms with Crippen LogP contribution in [0, 0.1) is 5.82 Å². The molecule has 19 heavy (non-hydrogen) atoms. The van der Waals surface area contributed by atoms with E-state index < -0.39 is 0 Å². The summed E-state index contributed by atoms with van der Waals surface area (Å²) >= 11 is 0. The Bertz CT molecular complexity index is 572. The van der Waals surface area contributed by atoms with Crippen LogP contribution < -0.4 is 9.64 Å². The minimum absolute atomic E-state index is 0.0862. The number of halogens is 1. The van der Waals surface area contributed by atoms with Crippen LogP contribution in [0.15, 0.2) is 42.5 Å². The second-order valence-electron chi connectivity index (χ2n) is 4.30. The van der Waals surface area contributed by atoms with Crippen molar-refractivity contribution >= 4 is 5.69 Å². The molecule has 0 fully saturated rings. The summed E-state index contributed by atoms with van der Waals surface area (Å²) in [5, 5.41) is 9.73. The number of aromatic hydroxyl groups is 1. The molecule has 0 amide bonds. The van der Waals surface area contributed by atoms with Crippen molar-refractivity contribution in [1.82, 2.24) is 0 Å². The number of anilines is 1. The molecule has 0 spiro atoms. The van der Waals surface area contributed by atoms with E-state index in [-0.39, 0.29) is 11.6 Å². The van der Waals surface area contributed by atoms with Gasteiger partial charge in [-0.3, -0.25) is 0 Å². The summed E-state index contributed by atoms with van der Waals surface area (Å²) < 4.78 is 18.5. The van der Waals surface area contributed by atoms with Crippen LogP contribution >= 0.6 is 0 Å². The molecule has 0 bridgehead atoms. The van der Waals surface area contributed by atoms with Gasteiger partial charge in [-0.1, -0.05) is 12.1 Å². The molecule has 1 N–H and O–H groups in total. The van der Waals surface area contributed by atoms with E-state index in [1.165, 1.54) is 18.2 Å². The van der Waals surface area contributed by atoms with Crippen LogP contribution in [0.2, 0.25) is 0 Å². The summed E-state index contributed by atoms with van der Waals surface area (Å²) in [7, 11) is 3.47. The van der Waals surface area contributed by atoms with E-state index in [1.54, 1.807) is 7.11 Å². The van der Waals surface area contributed by atoms with Gasteiger partial charge in [0, 0.05) is 19.2 Å². The van der Waals surface area contributed by atoms with Crippen LogP contribution in [0.5, 0.6) is 11.5 Å². The maximum absolute atomic E-state index is 13.2. The van der Waals surface area contributed by atoms with Crippen molar-refractivity contribution in [3.63, 3.8) is 0 Å². The van der Waals surface area contributed by atoms with Crippen LogP contribution in [0.4, 0.5) is 10.1 Å². The average molecular weight is 261 g/mol. The molecule has 4 heteroatoms. The minimum atomic E-state index is -0.360. The average Bonchev–Trinajstić information content (AvgIpc) is 2.42. The van der Waals surface area contributed by atoms with Crippen molar-refractivity contribution in [3.8, 4) is 11.5 Å². The molecule has 0 unspecified atom stereocenters. The molecular formula is C15H16FNO2. The first kappa shape index (κ1) is 13.2. The molecule has 0 aliphatic rings. The Morgan fingerprint density at radius 1 is 1.21 bits per heavy atom. The molecule has 0 aliphatic carbocycles. The number of para-hydroxylation sites is 2. The molecule has 0 aliphatic heterocycles. The summed E-state index contributed by atoms with van der Waals surface area (Å²) in [6.45, 7) is 0.393. The fraction of sp³-hybridized carbons (Fsp3) is 0.200. The Hall–Kier alpha value is -2.23. The number of phenols is 1. The summed E-state index contributed by atoms with van der Waals surface area (Å²) in [5.41, 5.74) is 1.42. The van der Waals surface area contributed by atoms with Crippen LogP contribution in [-0.2, 0) is 6.54 Å². The Kier molecular flexibility index (Phi) is 3.90. The van der Waals surface area contributed by atoms with E-state index in [4.69, 9.17) is 4.74 Å². The molecule has 2 rings (SSSR count). The lowest BCUT2D eigenvalue weighted by Gasteiger charge is -2.22. The molecule has 0 aromatic heterocycles. The molecule has 3 nitrogen and oxygen atoms in total.